The lowest BCUT2D eigenvalue weighted by Crippen LogP contribution is -2.09. The molecule has 8 rings (SSSR count). The van der Waals surface area contributed by atoms with Crippen molar-refractivity contribution in [2.75, 3.05) is 0 Å². The zero-order chi connectivity index (χ0) is 45.4. The summed E-state index contributed by atoms with van der Waals surface area (Å²) in [7, 11) is 0. The monoisotopic (exact) mass is 838 g/mol. The van der Waals surface area contributed by atoms with E-state index in [0.29, 0.717) is 5.92 Å². The van der Waals surface area contributed by atoms with Gasteiger partial charge in [0, 0.05) is 5.92 Å². The molecular formula is C63H67N. The Morgan fingerprint density at radius 3 is 1.89 bits per heavy atom. The number of hydrogen-bond acceptors (Lipinski definition) is 1. The van der Waals surface area contributed by atoms with E-state index in [1.54, 1.807) is 0 Å². The molecular weight excluding hydrogens is 771 g/mol. The molecule has 0 saturated heterocycles. The molecule has 6 aromatic rings. The Hall–Kier alpha value is -6.57. The minimum absolute atomic E-state index is 0.428. The Morgan fingerprint density at radius 2 is 1.25 bits per heavy atom. The first-order valence-electron chi connectivity index (χ1n) is 23.6. The van der Waals surface area contributed by atoms with Crippen LogP contribution in [-0.4, -0.2) is 5.71 Å². The van der Waals surface area contributed by atoms with Gasteiger partial charge in [0.25, 0.3) is 0 Å². The van der Waals surface area contributed by atoms with Crippen LogP contribution in [0.5, 0.6) is 0 Å². The van der Waals surface area contributed by atoms with Crippen LogP contribution in [0, 0.1) is 19.8 Å². The number of aliphatic imine (C=N–C) groups is 1. The lowest BCUT2D eigenvalue weighted by atomic mass is 9.84. The van der Waals surface area contributed by atoms with Gasteiger partial charge in [-0.3, -0.25) is 4.99 Å². The highest BCUT2D eigenvalue weighted by Crippen LogP contribution is 2.41. The predicted octanol–water partition coefficient (Wildman–Crippen LogP) is 18.3. The van der Waals surface area contributed by atoms with Gasteiger partial charge in [-0.15, -0.1) is 0 Å². The molecule has 0 radical (unpaired) electrons. The van der Waals surface area contributed by atoms with Crippen molar-refractivity contribution in [3.8, 4) is 33.4 Å². The van der Waals surface area contributed by atoms with Gasteiger partial charge in [0.2, 0.25) is 0 Å². The smallest absolute Gasteiger partial charge is 0.0672 e. The van der Waals surface area contributed by atoms with Crippen molar-refractivity contribution < 1.29 is 0 Å². The van der Waals surface area contributed by atoms with Crippen molar-refractivity contribution >= 4 is 22.6 Å². The van der Waals surface area contributed by atoms with Crippen molar-refractivity contribution in [1.29, 1.82) is 0 Å². The van der Waals surface area contributed by atoms with E-state index in [0.717, 1.165) is 43.4 Å². The summed E-state index contributed by atoms with van der Waals surface area (Å²) in [5.41, 5.74) is 22.5. The Morgan fingerprint density at radius 1 is 0.625 bits per heavy atom. The highest BCUT2D eigenvalue weighted by atomic mass is 14.8. The predicted molar refractivity (Wildman–Crippen MR) is 283 cm³/mol. The molecule has 0 bridgehead atoms. The van der Waals surface area contributed by atoms with E-state index in [1.807, 2.05) is 26.0 Å². The quantitative estimate of drug-likeness (QED) is 0.109. The summed E-state index contributed by atoms with van der Waals surface area (Å²) >= 11 is 0. The average Bonchev–Trinajstić information content (AvgIpc) is 3.80. The molecule has 1 nitrogen and oxygen atoms in total. The Labute approximate surface area is 385 Å². The van der Waals surface area contributed by atoms with Crippen molar-refractivity contribution in [2.24, 2.45) is 10.9 Å². The lowest BCUT2D eigenvalue weighted by molar-refractivity contribution is 0.829. The van der Waals surface area contributed by atoms with Crippen LogP contribution in [0.1, 0.15) is 107 Å². The number of allylic oxidation sites excluding steroid dienone is 10. The molecule has 64 heavy (non-hydrogen) atoms. The van der Waals surface area contributed by atoms with Gasteiger partial charge in [-0.25, -0.2) is 0 Å². The van der Waals surface area contributed by atoms with Crippen LogP contribution in [0.2, 0.25) is 0 Å². The molecule has 0 N–H and O–H groups in total. The standard InChI is InChI=1S/C43H44.C18H17N.C2H6/c1-7-9-20-37(30(3)4)36(8-2)40-23-16-15-22-39(40)35-25-24-32(6)42(29-35)43-28-34(33-18-11-10-12-19-33)26-27-41(43)38-21-14-13-17-31(38)5;1-2-14-13-17(15-9-5-3-6-10-15)19-18(14)16-11-7-4-8-12-16;1-2/h9,11,13-29H,3,7-8,10,12H2,1-2,4-6H3;3-14H,2H2,1H3;1-2H3/b20-9-,37-36-;;. The average molecular weight is 838 g/mol. The highest BCUT2D eigenvalue weighted by molar-refractivity contribution is 6.09. The fourth-order valence-corrected chi connectivity index (χ4v) is 8.71. The highest BCUT2D eigenvalue weighted by Gasteiger charge is 2.22. The third-order valence-electron chi connectivity index (χ3n) is 12.1. The first kappa shape index (κ1) is 46.9. The minimum atomic E-state index is 0.428. The molecule has 1 aliphatic carbocycles. The topological polar surface area (TPSA) is 12.4 Å². The van der Waals surface area contributed by atoms with Crippen molar-refractivity contribution in [3.05, 3.63) is 233 Å². The first-order valence-corrected chi connectivity index (χ1v) is 23.6. The van der Waals surface area contributed by atoms with Crippen LogP contribution in [0.15, 0.2) is 205 Å². The van der Waals surface area contributed by atoms with Crippen LogP contribution in [-0.2, 0) is 0 Å². The number of aryl methyl sites for hydroxylation is 2. The molecule has 324 valence electrons. The Balaban J connectivity index is 0.000000268. The molecule has 0 saturated carbocycles. The van der Waals surface area contributed by atoms with Gasteiger partial charge in [0.15, 0.2) is 0 Å². The molecule has 1 heterocycles. The molecule has 1 atom stereocenters. The fraction of sp³-hybridized carbons (Fsp3) is 0.222. The summed E-state index contributed by atoms with van der Waals surface area (Å²) in [5, 5.41) is 0. The maximum Gasteiger partial charge on any atom is 0.0672 e. The molecule has 0 aromatic heterocycles. The number of rotatable bonds is 12. The third kappa shape index (κ3) is 11.1. The SMILES string of the molecule is C=C(C)C(/C=C\CC)=C(/CC)c1ccccc1-c1ccc(C)c(-c2cc(C3=CCCC=C3)ccc2-c2ccccc2C)c1.CC.CCC1C=C(c2ccccc2)N=C1c1ccccc1. The van der Waals surface area contributed by atoms with Crippen LogP contribution in [0.25, 0.3) is 50.2 Å². The fourth-order valence-electron chi connectivity index (χ4n) is 8.71. The molecule has 2 aliphatic rings. The van der Waals surface area contributed by atoms with E-state index in [4.69, 9.17) is 4.99 Å². The first-order chi connectivity index (χ1) is 31.3. The molecule has 0 amide bonds. The molecule has 1 aliphatic heterocycles. The maximum atomic E-state index is 4.86. The van der Waals surface area contributed by atoms with Gasteiger partial charge in [-0.2, -0.15) is 0 Å². The van der Waals surface area contributed by atoms with Gasteiger partial charge in [0.05, 0.1) is 11.4 Å². The van der Waals surface area contributed by atoms with Gasteiger partial charge < -0.3 is 0 Å². The summed E-state index contributed by atoms with van der Waals surface area (Å²) in [4.78, 5) is 4.86. The van der Waals surface area contributed by atoms with E-state index >= 15 is 0 Å². The normalized spacial score (nSPS) is 14.6. The minimum Gasteiger partial charge on any atom is -0.252 e. The van der Waals surface area contributed by atoms with E-state index in [-0.39, 0.29) is 0 Å². The zero-order valence-electron chi connectivity index (χ0n) is 39.6. The maximum absolute atomic E-state index is 4.86. The van der Waals surface area contributed by atoms with Crippen LogP contribution >= 0.6 is 0 Å². The zero-order valence-corrected chi connectivity index (χ0v) is 39.6. The molecule has 0 fully saturated rings. The second-order valence-corrected chi connectivity index (χ2v) is 16.4. The lowest BCUT2D eigenvalue weighted by Gasteiger charge is -2.20. The second-order valence-electron chi connectivity index (χ2n) is 16.4. The van der Waals surface area contributed by atoms with Gasteiger partial charge >= 0.3 is 0 Å². The Bertz CT molecular complexity index is 2710. The molecule has 0 spiro atoms. The summed E-state index contributed by atoms with van der Waals surface area (Å²) < 4.78 is 0. The summed E-state index contributed by atoms with van der Waals surface area (Å²) in [6.07, 6.45) is 19.0. The molecule has 6 aromatic carbocycles. The van der Waals surface area contributed by atoms with E-state index in [9.17, 15) is 0 Å². The van der Waals surface area contributed by atoms with Gasteiger partial charge in [0.1, 0.15) is 0 Å². The van der Waals surface area contributed by atoms with Gasteiger partial charge in [-0.05, 0) is 155 Å². The van der Waals surface area contributed by atoms with Crippen molar-refractivity contribution in [2.45, 2.75) is 87.5 Å². The number of hydrogen-bond donors (Lipinski definition) is 0. The van der Waals surface area contributed by atoms with E-state index in [1.165, 1.54) is 89.2 Å². The third-order valence-corrected chi connectivity index (χ3v) is 12.1. The van der Waals surface area contributed by atoms with Crippen molar-refractivity contribution in [1.82, 2.24) is 0 Å². The number of nitrogens with zero attached hydrogens (tertiary/aromatic N) is 1. The summed E-state index contributed by atoms with van der Waals surface area (Å²) in [6, 6.07) is 52.5. The van der Waals surface area contributed by atoms with E-state index < -0.39 is 0 Å². The largest absolute Gasteiger partial charge is 0.252 e. The van der Waals surface area contributed by atoms with Crippen LogP contribution in [0.3, 0.4) is 0 Å². The van der Waals surface area contributed by atoms with Crippen LogP contribution < -0.4 is 0 Å². The van der Waals surface area contributed by atoms with Crippen LogP contribution in [0.4, 0.5) is 0 Å². The molecule has 1 heteroatoms. The summed E-state index contributed by atoms with van der Waals surface area (Å²) in [6.45, 7) is 21.6. The van der Waals surface area contributed by atoms with E-state index in [2.05, 4.69) is 218 Å². The van der Waals surface area contributed by atoms with Gasteiger partial charge in [-0.1, -0.05) is 211 Å². The van der Waals surface area contributed by atoms with Crippen molar-refractivity contribution in [3.63, 3.8) is 0 Å². The Kier molecular flexibility index (Phi) is 17.0. The summed E-state index contributed by atoms with van der Waals surface area (Å²) in [5.74, 6) is 0.428. The molecule has 1 unspecified atom stereocenters. The second kappa shape index (κ2) is 23.2. The number of benzene rings is 6.